The summed E-state index contributed by atoms with van der Waals surface area (Å²) < 4.78 is 15.8. The normalized spacial score (nSPS) is 28.4. The van der Waals surface area contributed by atoms with Gasteiger partial charge in [0, 0.05) is 41.6 Å². The van der Waals surface area contributed by atoms with E-state index in [2.05, 4.69) is 9.80 Å². The summed E-state index contributed by atoms with van der Waals surface area (Å²) in [5.74, 6) is -7.85. The molecule has 1 amide bonds. The minimum Gasteiger partial charge on any atom is -0.511 e. The van der Waals surface area contributed by atoms with Crippen molar-refractivity contribution in [3.05, 3.63) is 51.2 Å². The topological polar surface area (TPSA) is 165 Å². The lowest BCUT2D eigenvalue weighted by Gasteiger charge is -2.45. The van der Waals surface area contributed by atoms with Crippen molar-refractivity contribution in [2.24, 2.45) is 17.6 Å². The first-order valence-electron chi connectivity index (χ1n) is 12.8. The largest absolute Gasteiger partial charge is 0.511 e. The van der Waals surface area contributed by atoms with Gasteiger partial charge in [0.15, 0.2) is 11.4 Å². The first-order valence-corrected chi connectivity index (χ1v) is 12.8. The number of aliphatic hydroxyl groups is 3. The van der Waals surface area contributed by atoms with E-state index in [1.165, 1.54) is 6.07 Å². The van der Waals surface area contributed by atoms with Gasteiger partial charge in [-0.1, -0.05) is 0 Å². The Morgan fingerprint density at radius 1 is 1.18 bits per heavy atom. The second-order valence-corrected chi connectivity index (χ2v) is 11.1. The molecule has 0 saturated carbocycles. The Morgan fingerprint density at radius 2 is 1.84 bits per heavy atom. The molecule has 38 heavy (non-hydrogen) atoms. The fourth-order valence-corrected chi connectivity index (χ4v) is 6.67. The highest BCUT2D eigenvalue weighted by molar-refractivity contribution is 6.24. The van der Waals surface area contributed by atoms with Crippen LogP contribution >= 0.6 is 0 Å². The van der Waals surface area contributed by atoms with Gasteiger partial charge in [-0.05, 0) is 64.9 Å². The smallest absolute Gasteiger partial charge is 0.255 e. The number of halogens is 1. The third-order valence-electron chi connectivity index (χ3n) is 8.75. The van der Waals surface area contributed by atoms with Crippen LogP contribution in [-0.4, -0.2) is 86.5 Å². The van der Waals surface area contributed by atoms with Gasteiger partial charge >= 0.3 is 0 Å². The number of hydrogen-bond acceptors (Lipinski definition) is 9. The maximum Gasteiger partial charge on any atom is 0.255 e. The lowest BCUT2D eigenvalue weighted by Crippen LogP contribution is -2.57. The number of phenols is 1. The lowest BCUT2D eigenvalue weighted by atomic mass is 9.60. The number of ketones is 2. The number of allylic oxidation sites excluding steroid dienone is 2. The highest BCUT2D eigenvalue weighted by Crippen LogP contribution is 2.51. The number of carbonyl (C=O) groups is 3. The molecule has 11 heteroatoms. The number of carbonyl (C=O) groups excluding carboxylic acids is 3. The molecule has 3 aliphatic carbocycles. The summed E-state index contributed by atoms with van der Waals surface area (Å²) in [4.78, 5) is 42.5. The molecule has 1 aliphatic heterocycles. The zero-order chi connectivity index (χ0) is 27.7. The van der Waals surface area contributed by atoms with Crippen LogP contribution in [0.2, 0.25) is 0 Å². The van der Waals surface area contributed by atoms with Crippen LogP contribution in [0.5, 0.6) is 5.75 Å². The molecule has 1 heterocycles. The molecule has 6 N–H and O–H groups in total. The number of rotatable bonds is 4. The van der Waals surface area contributed by atoms with Gasteiger partial charge in [0.25, 0.3) is 5.91 Å². The molecule has 1 fully saturated rings. The Labute approximate surface area is 218 Å². The van der Waals surface area contributed by atoms with Crippen molar-refractivity contribution >= 4 is 17.5 Å². The van der Waals surface area contributed by atoms with Gasteiger partial charge < -0.3 is 31.1 Å². The molecular formula is C27H32FN3O7. The second-order valence-electron chi connectivity index (χ2n) is 11.1. The highest BCUT2D eigenvalue weighted by Gasteiger charge is 2.59. The molecule has 1 saturated heterocycles. The number of nitrogens with two attached hydrogens (primary N) is 1. The number of aliphatic hydroxyl groups excluding tert-OH is 2. The van der Waals surface area contributed by atoms with Crippen LogP contribution in [0, 0.1) is 17.7 Å². The van der Waals surface area contributed by atoms with Crippen molar-refractivity contribution in [1.29, 1.82) is 0 Å². The van der Waals surface area contributed by atoms with E-state index in [1.54, 1.807) is 0 Å². The van der Waals surface area contributed by atoms with Crippen LogP contribution in [0.1, 0.15) is 47.2 Å². The number of phenolic OH excluding ortho intramolecular Hbond substituents is 1. The SMILES string of the molecule is CN(C)C1CCN(Cc2cc(O)c3c(c2F)CC2C[C@H]4CC(O)=C(C(N)=O)C(=O)[C@@]4(O)C(O)=C2C3=O)CC1. The fourth-order valence-electron chi connectivity index (χ4n) is 6.67. The van der Waals surface area contributed by atoms with Crippen LogP contribution in [-0.2, 0) is 22.6 Å². The Balaban J connectivity index is 1.50. The van der Waals surface area contributed by atoms with Gasteiger partial charge in [0.2, 0.25) is 5.78 Å². The van der Waals surface area contributed by atoms with Crippen molar-refractivity contribution in [3.8, 4) is 5.75 Å². The standard InChI is InChI=1S/C27H32FN3O7/c1-30(2)15-3-5-31(6-4-15)11-13-9-17(32)20-16(22(13)28)8-12-7-14-10-18(33)21(26(29)37)25(36)27(14,38)24(35)19(12)23(20)34/h9,12,14-15,32-33,35,38H,3-8,10-11H2,1-2H3,(H2,29,37)/t12?,14-,27-/m0/s1. The number of Topliss-reactive ketones (excluding diaryl/α,β-unsaturated/α-hetero) is 2. The first-order chi connectivity index (χ1) is 17.9. The summed E-state index contributed by atoms with van der Waals surface area (Å²) in [5, 5.41) is 43.4. The molecule has 1 aromatic carbocycles. The Kier molecular flexibility index (Phi) is 6.36. The number of amides is 1. The van der Waals surface area contributed by atoms with E-state index in [0.29, 0.717) is 6.04 Å². The number of hydrogen-bond donors (Lipinski definition) is 5. The fraction of sp³-hybridized carbons (Fsp3) is 0.519. The van der Waals surface area contributed by atoms with Crippen molar-refractivity contribution in [1.82, 2.24) is 9.80 Å². The number of benzene rings is 1. The van der Waals surface area contributed by atoms with Gasteiger partial charge in [-0.3, -0.25) is 19.3 Å². The second kappa shape index (κ2) is 9.18. The van der Waals surface area contributed by atoms with E-state index < -0.39 is 63.6 Å². The molecule has 3 atom stereocenters. The quantitative estimate of drug-likeness (QED) is 0.361. The summed E-state index contributed by atoms with van der Waals surface area (Å²) in [7, 11) is 4.06. The maximum atomic E-state index is 15.8. The van der Waals surface area contributed by atoms with E-state index in [1.807, 2.05) is 14.1 Å². The number of piperidine rings is 1. The number of nitrogens with zero attached hydrogens (tertiary/aromatic N) is 2. The van der Waals surface area contributed by atoms with Gasteiger partial charge in [-0.25, -0.2) is 4.39 Å². The van der Waals surface area contributed by atoms with Crippen LogP contribution in [0.15, 0.2) is 28.7 Å². The third kappa shape index (κ3) is 3.83. The minimum atomic E-state index is -2.64. The molecule has 204 valence electrons. The van der Waals surface area contributed by atoms with Gasteiger partial charge in [0.05, 0.1) is 5.56 Å². The molecule has 0 radical (unpaired) electrons. The lowest BCUT2D eigenvalue weighted by molar-refractivity contribution is -0.144. The minimum absolute atomic E-state index is 0.0277. The molecular weight excluding hydrogens is 497 g/mol. The Morgan fingerprint density at radius 3 is 2.45 bits per heavy atom. The third-order valence-corrected chi connectivity index (χ3v) is 8.75. The van der Waals surface area contributed by atoms with E-state index in [0.717, 1.165) is 25.9 Å². The maximum absolute atomic E-state index is 15.8. The summed E-state index contributed by atoms with van der Waals surface area (Å²) in [6, 6.07) is 1.67. The molecule has 4 aliphatic rings. The molecule has 1 aromatic rings. The highest BCUT2D eigenvalue weighted by atomic mass is 19.1. The van der Waals surface area contributed by atoms with Crippen LogP contribution in [0.25, 0.3) is 0 Å². The van der Waals surface area contributed by atoms with E-state index in [-0.39, 0.29) is 48.1 Å². The average Bonchev–Trinajstić information content (AvgIpc) is 2.84. The molecule has 5 rings (SSSR count). The summed E-state index contributed by atoms with van der Waals surface area (Å²) in [5.41, 5.74) is 1.41. The molecule has 0 spiro atoms. The van der Waals surface area contributed by atoms with Crippen LogP contribution in [0.3, 0.4) is 0 Å². The van der Waals surface area contributed by atoms with Crippen LogP contribution in [0.4, 0.5) is 4.39 Å². The molecule has 1 unspecified atom stereocenters. The average molecular weight is 530 g/mol. The summed E-state index contributed by atoms with van der Waals surface area (Å²) in [6.07, 6.45) is 1.45. The molecule has 0 bridgehead atoms. The monoisotopic (exact) mass is 529 g/mol. The van der Waals surface area contributed by atoms with Crippen LogP contribution < -0.4 is 5.73 Å². The van der Waals surface area contributed by atoms with Crippen molar-refractivity contribution < 1.29 is 39.2 Å². The summed E-state index contributed by atoms with van der Waals surface area (Å²) in [6.45, 7) is 1.80. The zero-order valence-electron chi connectivity index (χ0n) is 21.3. The Hall–Kier alpha value is -3.28. The van der Waals surface area contributed by atoms with E-state index in [4.69, 9.17) is 5.73 Å². The number of primary amides is 1. The number of likely N-dealkylation sites (tertiary alicyclic amines) is 1. The first kappa shape index (κ1) is 26.3. The molecule has 10 nitrogen and oxygen atoms in total. The number of fused-ring (bicyclic) bond motifs is 3. The van der Waals surface area contributed by atoms with Gasteiger partial charge in [-0.15, -0.1) is 0 Å². The van der Waals surface area contributed by atoms with Gasteiger partial charge in [0.1, 0.15) is 28.7 Å². The van der Waals surface area contributed by atoms with E-state index in [9.17, 15) is 34.8 Å². The zero-order valence-corrected chi connectivity index (χ0v) is 21.3. The van der Waals surface area contributed by atoms with E-state index >= 15 is 4.39 Å². The van der Waals surface area contributed by atoms with Gasteiger partial charge in [-0.2, -0.15) is 0 Å². The predicted molar refractivity (Wildman–Crippen MR) is 133 cm³/mol. The Bertz CT molecular complexity index is 1310. The predicted octanol–water partition coefficient (Wildman–Crippen LogP) is 1.25. The summed E-state index contributed by atoms with van der Waals surface area (Å²) >= 11 is 0. The molecule has 0 aromatic heterocycles. The van der Waals surface area contributed by atoms with Crippen molar-refractivity contribution in [2.75, 3.05) is 27.2 Å². The number of aromatic hydroxyl groups is 1. The van der Waals surface area contributed by atoms with Crippen molar-refractivity contribution in [2.45, 2.75) is 50.3 Å². The van der Waals surface area contributed by atoms with Crippen molar-refractivity contribution in [3.63, 3.8) is 0 Å².